The van der Waals surface area contributed by atoms with E-state index in [0.29, 0.717) is 18.7 Å². The normalized spacial score (nSPS) is 20.3. The van der Waals surface area contributed by atoms with Gasteiger partial charge in [-0.2, -0.15) is 16.1 Å². The summed E-state index contributed by atoms with van der Waals surface area (Å²) < 4.78 is 53.6. The Labute approximate surface area is 137 Å². The Bertz CT molecular complexity index is 781. The van der Waals surface area contributed by atoms with Gasteiger partial charge in [0.05, 0.1) is 12.5 Å². The van der Waals surface area contributed by atoms with Crippen molar-refractivity contribution in [3.8, 4) is 0 Å². The zero-order valence-electron chi connectivity index (χ0n) is 12.1. The highest BCUT2D eigenvalue weighted by Crippen LogP contribution is 2.36. The molecule has 0 radical (unpaired) electrons. The number of halogens is 2. The van der Waals surface area contributed by atoms with E-state index in [0.717, 1.165) is 12.1 Å². The van der Waals surface area contributed by atoms with Crippen LogP contribution < -0.4 is 0 Å². The van der Waals surface area contributed by atoms with Crippen molar-refractivity contribution in [2.24, 2.45) is 0 Å². The van der Waals surface area contributed by atoms with Crippen LogP contribution in [-0.4, -0.2) is 41.5 Å². The number of benzene rings is 1. The van der Waals surface area contributed by atoms with E-state index in [1.807, 2.05) is 0 Å². The molecule has 5 nitrogen and oxygen atoms in total. The second-order valence-corrected chi connectivity index (χ2v) is 8.35. The first-order chi connectivity index (χ1) is 11.0. The van der Waals surface area contributed by atoms with Crippen LogP contribution in [0.3, 0.4) is 0 Å². The van der Waals surface area contributed by atoms with Gasteiger partial charge in [0.15, 0.2) is 5.03 Å². The molecule has 0 spiro atoms. The summed E-state index contributed by atoms with van der Waals surface area (Å²) in [6.07, 6.45) is 2.99. The summed E-state index contributed by atoms with van der Waals surface area (Å²) in [5, 5.41) is -0.231. The molecule has 0 amide bonds. The van der Waals surface area contributed by atoms with Crippen LogP contribution in [0.4, 0.5) is 8.78 Å². The van der Waals surface area contributed by atoms with Crippen molar-refractivity contribution < 1.29 is 17.2 Å². The third kappa shape index (κ3) is 3.41. The minimum absolute atomic E-state index is 0.0397. The van der Waals surface area contributed by atoms with Gasteiger partial charge >= 0.3 is 0 Å². The lowest BCUT2D eigenvalue weighted by Gasteiger charge is -2.19. The molecule has 124 valence electrons. The number of sulfonamides is 1. The highest BCUT2D eigenvalue weighted by Gasteiger charge is 2.30. The minimum atomic E-state index is -3.63. The monoisotopic (exact) mass is 359 g/mol. The molecule has 0 bridgehead atoms. The topological polar surface area (TPSA) is 66.1 Å². The fourth-order valence-electron chi connectivity index (χ4n) is 2.52. The second-order valence-electron chi connectivity index (χ2n) is 5.13. The second kappa shape index (κ2) is 6.58. The Balaban J connectivity index is 1.79. The minimum Gasteiger partial charge on any atom is -0.335 e. The fourth-order valence-corrected chi connectivity index (χ4v) is 5.23. The van der Waals surface area contributed by atoms with E-state index in [4.69, 9.17) is 0 Å². The molecule has 2 heterocycles. The van der Waals surface area contributed by atoms with Crippen molar-refractivity contribution in [2.75, 3.05) is 18.8 Å². The summed E-state index contributed by atoms with van der Waals surface area (Å²) in [4.78, 5) is 6.33. The molecule has 1 fully saturated rings. The van der Waals surface area contributed by atoms with Gasteiger partial charge in [0.25, 0.3) is 10.0 Å². The maximum absolute atomic E-state index is 13.9. The molecule has 1 unspecified atom stereocenters. The Kier molecular flexibility index (Phi) is 4.69. The van der Waals surface area contributed by atoms with E-state index in [2.05, 4.69) is 9.97 Å². The van der Waals surface area contributed by atoms with Gasteiger partial charge in [-0.3, -0.25) is 0 Å². The summed E-state index contributed by atoms with van der Waals surface area (Å²) in [7, 11) is -3.63. The number of aromatic nitrogens is 2. The Morgan fingerprint density at radius 3 is 2.87 bits per heavy atom. The lowest BCUT2D eigenvalue weighted by atomic mass is 10.1. The van der Waals surface area contributed by atoms with Crippen LogP contribution in [0, 0.1) is 11.6 Å². The highest BCUT2D eigenvalue weighted by molar-refractivity contribution is 7.99. The van der Waals surface area contributed by atoms with E-state index >= 15 is 0 Å². The molecular weight excluding hydrogens is 344 g/mol. The molecule has 1 aliphatic heterocycles. The van der Waals surface area contributed by atoms with E-state index in [9.17, 15) is 17.2 Å². The number of H-pyrrole nitrogens is 1. The van der Waals surface area contributed by atoms with Crippen LogP contribution in [0.15, 0.2) is 35.7 Å². The number of thioether (sulfide) groups is 1. The van der Waals surface area contributed by atoms with Crippen LogP contribution in [0.25, 0.3) is 0 Å². The van der Waals surface area contributed by atoms with Crippen molar-refractivity contribution in [1.29, 1.82) is 0 Å². The van der Waals surface area contributed by atoms with Gasteiger partial charge in [0, 0.05) is 29.7 Å². The molecule has 1 atom stereocenters. The number of rotatable bonds is 3. The first-order valence-corrected chi connectivity index (χ1v) is 9.52. The van der Waals surface area contributed by atoms with Gasteiger partial charge in [-0.15, -0.1) is 0 Å². The molecule has 1 saturated heterocycles. The molecule has 1 aromatic carbocycles. The van der Waals surface area contributed by atoms with Crippen LogP contribution in [-0.2, 0) is 10.0 Å². The number of nitrogens with one attached hydrogen (secondary N) is 1. The third-order valence-electron chi connectivity index (χ3n) is 3.70. The molecule has 1 aromatic heterocycles. The van der Waals surface area contributed by atoms with E-state index in [-0.39, 0.29) is 22.4 Å². The predicted octanol–water partition coefficient (Wildman–Crippen LogP) is 2.56. The first-order valence-electron chi connectivity index (χ1n) is 7.03. The molecule has 2 aromatic rings. The SMILES string of the molecule is O=S(=O)(c1cnc[nH]1)N1CCSC(c2cc(F)ccc2F)CC1. The molecule has 3 rings (SSSR count). The van der Waals surface area contributed by atoms with Crippen LogP contribution in [0.2, 0.25) is 0 Å². The average molecular weight is 359 g/mol. The maximum atomic E-state index is 13.9. The quantitative estimate of drug-likeness (QED) is 0.915. The Hall–Kier alpha value is -1.45. The van der Waals surface area contributed by atoms with Gasteiger partial charge in [0.2, 0.25) is 0 Å². The first kappa shape index (κ1) is 16.4. The number of nitrogens with zero attached hydrogens (tertiary/aromatic N) is 2. The largest absolute Gasteiger partial charge is 0.335 e. The van der Waals surface area contributed by atoms with Gasteiger partial charge in [0.1, 0.15) is 11.6 Å². The van der Waals surface area contributed by atoms with E-state index in [1.54, 1.807) is 0 Å². The van der Waals surface area contributed by atoms with E-state index < -0.39 is 21.7 Å². The summed E-state index contributed by atoms with van der Waals surface area (Å²) in [5.41, 5.74) is 0.288. The highest BCUT2D eigenvalue weighted by atomic mass is 32.2. The van der Waals surface area contributed by atoms with Gasteiger partial charge in [-0.1, -0.05) is 0 Å². The van der Waals surface area contributed by atoms with Gasteiger partial charge in [-0.05, 0) is 24.6 Å². The lowest BCUT2D eigenvalue weighted by Crippen LogP contribution is -2.33. The molecule has 0 aliphatic carbocycles. The van der Waals surface area contributed by atoms with Crippen LogP contribution in [0.1, 0.15) is 17.2 Å². The number of aromatic amines is 1. The molecule has 1 aliphatic rings. The Morgan fingerprint density at radius 1 is 1.30 bits per heavy atom. The van der Waals surface area contributed by atoms with Gasteiger partial charge in [-0.25, -0.2) is 22.2 Å². The average Bonchev–Trinajstić information content (AvgIpc) is 2.95. The van der Waals surface area contributed by atoms with Gasteiger partial charge < -0.3 is 4.98 Å². The predicted molar refractivity (Wildman–Crippen MR) is 83.5 cm³/mol. The summed E-state index contributed by atoms with van der Waals surface area (Å²) in [6.45, 7) is 0.564. The number of hydrogen-bond donors (Lipinski definition) is 1. The van der Waals surface area contributed by atoms with Crippen molar-refractivity contribution >= 4 is 21.8 Å². The molecular formula is C14H15F2N3O2S2. The summed E-state index contributed by atoms with van der Waals surface area (Å²) in [5.74, 6) is -0.449. The molecule has 1 N–H and O–H groups in total. The zero-order valence-corrected chi connectivity index (χ0v) is 13.7. The maximum Gasteiger partial charge on any atom is 0.260 e. The molecule has 9 heteroatoms. The lowest BCUT2D eigenvalue weighted by molar-refractivity contribution is 0.425. The third-order valence-corrected chi connectivity index (χ3v) is 6.83. The Morgan fingerprint density at radius 2 is 2.13 bits per heavy atom. The zero-order chi connectivity index (χ0) is 16.4. The smallest absolute Gasteiger partial charge is 0.260 e. The van der Waals surface area contributed by atoms with Crippen molar-refractivity contribution in [3.63, 3.8) is 0 Å². The summed E-state index contributed by atoms with van der Waals surface area (Å²) >= 11 is 1.44. The molecule has 23 heavy (non-hydrogen) atoms. The molecule has 0 saturated carbocycles. The van der Waals surface area contributed by atoms with Crippen LogP contribution >= 0.6 is 11.8 Å². The summed E-state index contributed by atoms with van der Waals surface area (Å²) in [6, 6.07) is 3.37. The van der Waals surface area contributed by atoms with Crippen molar-refractivity contribution in [1.82, 2.24) is 14.3 Å². The van der Waals surface area contributed by atoms with E-state index in [1.165, 1.54) is 34.7 Å². The van der Waals surface area contributed by atoms with Crippen molar-refractivity contribution in [3.05, 3.63) is 47.9 Å². The number of hydrogen-bond acceptors (Lipinski definition) is 4. The van der Waals surface area contributed by atoms with Crippen molar-refractivity contribution in [2.45, 2.75) is 16.7 Å². The van der Waals surface area contributed by atoms with Crippen LogP contribution in [0.5, 0.6) is 0 Å². The standard InChI is InChI=1S/C14H15F2N3O2S2/c15-10-1-2-12(16)11(7-10)13-3-4-19(5-6-22-13)23(20,21)14-8-17-9-18-14/h1-2,7-9,13H,3-6H2,(H,17,18). The fraction of sp³-hybridized carbons (Fsp3) is 0.357. The number of imidazole rings is 1.